The minimum Gasteiger partial charge on any atom is -0.326 e. The zero-order valence-corrected chi connectivity index (χ0v) is 13.0. The molecule has 1 fully saturated rings. The number of nitrogens with one attached hydrogen (secondary N) is 2. The first-order chi connectivity index (χ1) is 9.17. The second kappa shape index (κ2) is 8.25. The van der Waals surface area contributed by atoms with Gasteiger partial charge < -0.3 is 10.6 Å². The Hall–Kier alpha value is -1.10. The highest BCUT2D eigenvalue weighted by Crippen LogP contribution is 2.19. The van der Waals surface area contributed by atoms with Gasteiger partial charge >= 0.3 is 0 Å². The number of halogens is 1. The van der Waals surface area contributed by atoms with Crippen LogP contribution in [0.15, 0.2) is 24.3 Å². The first-order valence-electron chi connectivity index (χ1n) is 6.91. The van der Waals surface area contributed by atoms with Gasteiger partial charge in [-0.3, -0.25) is 9.69 Å². The SMILES string of the molecule is CNCC1CCN(Cc2ccc(NC(C)=O)cc2)C1.Cl. The van der Waals surface area contributed by atoms with E-state index < -0.39 is 0 Å². The summed E-state index contributed by atoms with van der Waals surface area (Å²) in [5.74, 6) is 0.755. The summed E-state index contributed by atoms with van der Waals surface area (Å²) in [6, 6.07) is 8.13. The number of carbonyl (C=O) groups excluding carboxylic acids is 1. The van der Waals surface area contributed by atoms with Crippen LogP contribution in [0.3, 0.4) is 0 Å². The van der Waals surface area contributed by atoms with Gasteiger partial charge in [-0.15, -0.1) is 12.4 Å². The number of hydrogen-bond acceptors (Lipinski definition) is 3. The Bertz CT molecular complexity index is 422. The molecule has 112 valence electrons. The Labute approximate surface area is 127 Å². The molecule has 2 N–H and O–H groups in total. The molecule has 5 heteroatoms. The van der Waals surface area contributed by atoms with Crippen LogP contribution < -0.4 is 10.6 Å². The zero-order valence-electron chi connectivity index (χ0n) is 12.2. The van der Waals surface area contributed by atoms with E-state index in [4.69, 9.17) is 0 Å². The van der Waals surface area contributed by atoms with Crippen molar-refractivity contribution in [3.8, 4) is 0 Å². The average Bonchev–Trinajstić information content (AvgIpc) is 2.79. The molecule has 1 unspecified atom stereocenters. The molecule has 1 atom stereocenters. The molecule has 0 saturated carbocycles. The fraction of sp³-hybridized carbons (Fsp3) is 0.533. The topological polar surface area (TPSA) is 44.4 Å². The number of hydrogen-bond donors (Lipinski definition) is 2. The van der Waals surface area contributed by atoms with E-state index in [0.717, 1.165) is 24.7 Å². The van der Waals surface area contributed by atoms with E-state index >= 15 is 0 Å². The molecular weight excluding hydrogens is 274 g/mol. The van der Waals surface area contributed by atoms with Crippen LogP contribution in [0, 0.1) is 5.92 Å². The number of anilines is 1. The summed E-state index contributed by atoms with van der Waals surface area (Å²) < 4.78 is 0. The molecule has 0 bridgehead atoms. The van der Waals surface area contributed by atoms with E-state index in [1.807, 2.05) is 19.2 Å². The smallest absolute Gasteiger partial charge is 0.221 e. The highest BCUT2D eigenvalue weighted by molar-refractivity contribution is 5.88. The Kier molecular flexibility index (Phi) is 6.99. The fourth-order valence-corrected chi connectivity index (χ4v) is 2.67. The molecule has 2 rings (SSSR count). The summed E-state index contributed by atoms with van der Waals surface area (Å²) in [5, 5.41) is 6.04. The molecule has 4 nitrogen and oxygen atoms in total. The van der Waals surface area contributed by atoms with Gasteiger partial charge in [-0.25, -0.2) is 0 Å². The van der Waals surface area contributed by atoms with Crippen molar-refractivity contribution < 1.29 is 4.79 Å². The van der Waals surface area contributed by atoms with Crippen LogP contribution in [0.25, 0.3) is 0 Å². The second-order valence-electron chi connectivity index (χ2n) is 5.33. The lowest BCUT2D eigenvalue weighted by Gasteiger charge is -2.16. The van der Waals surface area contributed by atoms with Crippen molar-refractivity contribution in [3.05, 3.63) is 29.8 Å². The van der Waals surface area contributed by atoms with Crippen LogP contribution in [-0.4, -0.2) is 37.5 Å². The molecule has 0 aliphatic carbocycles. The second-order valence-corrected chi connectivity index (χ2v) is 5.33. The molecule has 1 amide bonds. The monoisotopic (exact) mass is 297 g/mol. The third-order valence-electron chi connectivity index (χ3n) is 3.54. The molecular formula is C15H24ClN3O. The van der Waals surface area contributed by atoms with Crippen molar-refractivity contribution in [1.29, 1.82) is 0 Å². The Balaban J connectivity index is 0.00000200. The predicted octanol–water partition coefficient (Wildman–Crippen LogP) is 2.11. The highest BCUT2D eigenvalue weighted by Gasteiger charge is 2.21. The van der Waals surface area contributed by atoms with E-state index in [1.54, 1.807) is 0 Å². The van der Waals surface area contributed by atoms with Gasteiger partial charge in [0.05, 0.1) is 0 Å². The van der Waals surface area contributed by atoms with Gasteiger partial charge in [0.1, 0.15) is 0 Å². The summed E-state index contributed by atoms with van der Waals surface area (Å²) in [6.07, 6.45) is 1.28. The molecule has 1 aromatic rings. The van der Waals surface area contributed by atoms with Crippen LogP contribution in [0.5, 0.6) is 0 Å². The predicted molar refractivity (Wildman–Crippen MR) is 85.3 cm³/mol. The minimum atomic E-state index is -0.0257. The van der Waals surface area contributed by atoms with E-state index in [9.17, 15) is 4.79 Å². The summed E-state index contributed by atoms with van der Waals surface area (Å²) in [4.78, 5) is 13.4. The molecule has 0 radical (unpaired) electrons. The number of likely N-dealkylation sites (tertiary alicyclic amines) is 1. The summed E-state index contributed by atoms with van der Waals surface area (Å²) in [5.41, 5.74) is 2.17. The molecule has 20 heavy (non-hydrogen) atoms. The number of benzene rings is 1. The fourth-order valence-electron chi connectivity index (χ4n) is 2.67. The van der Waals surface area contributed by atoms with Gasteiger partial charge in [-0.05, 0) is 50.2 Å². The maximum absolute atomic E-state index is 10.9. The highest BCUT2D eigenvalue weighted by atomic mass is 35.5. The van der Waals surface area contributed by atoms with Crippen molar-refractivity contribution in [1.82, 2.24) is 10.2 Å². The first kappa shape index (κ1) is 17.0. The van der Waals surface area contributed by atoms with Crippen molar-refractivity contribution in [2.24, 2.45) is 5.92 Å². The third-order valence-corrected chi connectivity index (χ3v) is 3.54. The standard InChI is InChI=1S/C15H23N3O.ClH/c1-12(19)17-15-5-3-13(4-6-15)10-18-8-7-14(11-18)9-16-2;/h3-6,14,16H,7-11H2,1-2H3,(H,17,19);1H. The van der Waals surface area contributed by atoms with Crippen LogP contribution in [0.4, 0.5) is 5.69 Å². The lowest BCUT2D eigenvalue weighted by Crippen LogP contribution is -2.24. The molecule has 1 saturated heterocycles. The Morgan fingerprint density at radius 1 is 1.35 bits per heavy atom. The molecule has 0 aromatic heterocycles. The van der Waals surface area contributed by atoms with Crippen LogP contribution in [0.2, 0.25) is 0 Å². The van der Waals surface area contributed by atoms with Gasteiger partial charge in [0.2, 0.25) is 5.91 Å². The number of carbonyl (C=O) groups is 1. The van der Waals surface area contributed by atoms with Crippen molar-refractivity contribution in [3.63, 3.8) is 0 Å². The number of amides is 1. The van der Waals surface area contributed by atoms with E-state index in [-0.39, 0.29) is 18.3 Å². The molecule has 0 spiro atoms. The minimum absolute atomic E-state index is 0. The maximum atomic E-state index is 10.9. The van der Waals surface area contributed by atoms with E-state index in [0.29, 0.717) is 0 Å². The largest absolute Gasteiger partial charge is 0.326 e. The number of nitrogens with zero attached hydrogens (tertiary/aromatic N) is 1. The first-order valence-corrected chi connectivity index (χ1v) is 6.91. The van der Waals surface area contributed by atoms with E-state index in [1.165, 1.54) is 32.0 Å². The summed E-state index contributed by atoms with van der Waals surface area (Å²) in [6.45, 7) is 5.99. The normalized spacial score (nSPS) is 18.6. The molecule has 1 heterocycles. The Morgan fingerprint density at radius 2 is 2.05 bits per heavy atom. The van der Waals surface area contributed by atoms with Gasteiger partial charge in [0.25, 0.3) is 0 Å². The van der Waals surface area contributed by atoms with Crippen LogP contribution in [0.1, 0.15) is 18.9 Å². The van der Waals surface area contributed by atoms with Crippen molar-refractivity contribution in [2.75, 3.05) is 32.0 Å². The van der Waals surface area contributed by atoms with E-state index in [2.05, 4.69) is 27.7 Å². The quantitative estimate of drug-likeness (QED) is 0.875. The lowest BCUT2D eigenvalue weighted by molar-refractivity contribution is -0.114. The molecule has 1 aromatic carbocycles. The molecule has 1 aliphatic rings. The van der Waals surface area contributed by atoms with Gasteiger partial charge in [0.15, 0.2) is 0 Å². The summed E-state index contributed by atoms with van der Waals surface area (Å²) >= 11 is 0. The average molecular weight is 298 g/mol. The van der Waals surface area contributed by atoms with Crippen LogP contribution in [-0.2, 0) is 11.3 Å². The lowest BCUT2D eigenvalue weighted by atomic mass is 10.1. The summed E-state index contributed by atoms with van der Waals surface area (Å²) in [7, 11) is 2.02. The van der Waals surface area contributed by atoms with Gasteiger partial charge in [-0.1, -0.05) is 12.1 Å². The zero-order chi connectivity index (χ0) is 13.7. The molecule has 1 aliphatic heterocycles. The van der Waals surface area contributed by atoms with Crippen LogP contribution >= 0.6 is 12.4 Å². The van der Waals surface area contributed by atoms with Crippen molar-refractivity contribution in [2.45, 2.75) is 19.9 Å². The van der Waals surface area contributed by atoms with Gasteiger partial charge in [-0.2, -0.15) is 0 Å². The van der Waals surface area contributed by atoms with Gasteiger partial charge in [0, 0.05) is 25.7 Å². The third kappa shape index (κ3) is 5.12. The number of rotatable bonds is 5. The Morgan fingerprint density at radius 3 is 2.65 bits per heavy atom. The maximum Gasteiger partial charge on any atom is 0.221 e. The van der Waals surface area contributed by atoms with Crippen molar-refractivity contribution >= 4 is 24.0 Å².